The molecule has 0 spiro atoms. The Labute approximate surface area is 129 Å². The molecular weight excluding hydrogens is 375 g/mol. The summed E-state index contributed by atoms with van der Waals surface area (Å²) in [5.41, 5.74) is 2.37. The number of nitro benzene ring substituents is 1. The van der Waals surface area contributed by atoms with Crippen molar-refractivity contribution in [2.24, 2.45) is 0 Å². The Morgan fingerprint density at radius 2 is 2.26 bits per heavy atom. The number of benzene rings is 1. The Morgan fingerprint density at radius 3 is 2.84 bits per heavy atom. The first-order valence-electron chi connectivity index (χ1n) is 5.78. The van der Waals surface area contributed by atoms with E-state index >= 15 is 0 Å². The van der Waals surface area contributed by atoms with Gasteiger partial charge < -0.3 is 5.32 Å². The van der Waals surface area contributed by atoms with Crippen LogP contribution >= 0.6 is 33.9 Å². The van der Waals surface area contributed by atoms with Gasteiger partial charge in [0.1, 0.15) is 0 Å². The van der Waals surface area contributed by atoms with Gasteiger partial charge in [-0.1, -0.05) is 0 Å². The van der Waals surface area contributed by atoms with Crippen LogP contribution in [0.2, 0.25) is 0 Å². The summed E-state index contributed by atoms with van der Waals surface area (Å²) in [6, 6.07) is 7.28. The number of hydrogen-bond acceptors (Lipinski definition) is 4. The Hall–Kier alpha value is -1.15. The minimum absolute atomic E-state index is 0.125. The van der Waals surface area contributed by atoms with Crippen molar-refractivity contribution in [3.8, 4) is 0 Å². The Kier molecular flexibility index (Phi) is 4.76. The maximum Gasteiger partial charge on any atom is 0.270 e. The van der Waals surface area contributed by atoms with Crippen molar-refractivity contribution in [3.63, 3.8) is 0 Å². The lowest BCUT2D eigenvalue weighted by molar-refractivity contribution is -0.384. The lowest BCUT2D eigenvalue weighted by atomic mass is 10.1. The van der Waals surface area contributed by atoms with Crippen LogP contribution in [0.15, 0.2) is 35.0 Å². The predicted molar refractivity (Wildman–Crippen MR) is 86.9 cm³/mol. The van der Waals surface area contributed by atoms with Gasteiger partial charge in [-0.2, -0.15) is 11.3 Å². The first-order valence-corrected chi connectivity index (χ1v) is 7.80. The van der Waals surface area contributed by atoms with Gasteiger partial charge in [0, 0.05) is 27.4 Å². The number of anilines is 1. The third kappa shape index (κ3) is 3.90. The molecule has 2 aromatic rings. The van der Waals surface area contributed by atoms with E-state index in [1.807, 2.05) is 0 Å². The highest BCUT2D eigenvalue weighted by atomic mass is 127. The number of non-ortho nitro benzene ring substituents is 1. The molecule has 0 saturated carbocycles. The van der Waals surface area contributed by atoms with Crippen LogP contribution in [0, 0.1) is 13.7 Å². The molecule has 0 aliphatic rings. The minimum Gasteiger partial charge on any atom is -0.381 e. The van der Waals surface area contributed by atoms with Crippen LogP contribution in [0.1, 0.15) is 12.5 Å². The molecule has 100 valence electrons. The second kappa shape index (κ2) is 6.33. The molecule has 0 radical (unpaired) electrons. The van der Waals surface area contributed by atoms with Gasteiger partial charge in [0.25, 0.3) is 5.69 Å². The van der Waals surface area contributed by atoms with E-state index in [-0.39, 0.29) is 16.7 Å². The lowest BCUT2D eigenvalue weighted by Gasteiger charge is -2.15. The van der Waals surface area contributed by atoms with Gasteiger partial charge in [-0.3, -0.25) is 10.1 Å². The molecule has 0 fully saturated rings. The van der Waals surface area contributed by atoms with E-state index in [1.54, 1.807) is 23.5 Å². The second-order valence-electron chi connectivity index (χ2n) is 4.30. The molecule has 1 atom stereocenters. The fourth-order valence-corrected chi connectivity index (χ4v) is 3.15. The molecule has 0 aliphatic heterocycles. The first-order chi connectivity index (χ1) is 9.06. The molecule has 1 unspecified atom stereocenters. The molecule has 19 heavy (non-hydrogen) atoms. The average Bonchev–Trinajstić information content (AvgIpc) is 2.84. The van der Waals surface area contributed by atoms with Gasteiger partial charge in [-0.05, 0) is 64.4 Å². The zero-order valence-electron chi connectivity index (χ0n) is 10.3. The molecule has 4 nitrogen and oxygen atoms in total. The standard InChI is InChI=1S/C13H13IN2O2S/c1-9(6-10-4-5-19-8-10)15-13-3-2-11(16(17)18)7-12(13)14/h2-5,7-9,15H,6H2,1H3. The highest BCUT2D eigenvalue weighted by molar-refractivity contribution is 14.1. The third-order valence-corrected chi connectivity index (χ3v) is 4.31. The van der Waals surface area contributed by atoms with Crippen LogP contribution in [0.3, 0.4) is 0 Å². The molecule has 2 rings (SSSR count). The predicted octanol–water partition coefficient (Wildman–Crippen LogP) is 4.30. The van der Waals surface area contributed by atoms with Crippen LogP contribution in [0.4, 0.5) is 11.4 Å². The first kappa shape index (κ1) is 14.3. The minimum atomic E-state index is -0.374. The topological polar surface area (TPSA) is 55.2 Å². The van der Waals surface area contributed by atoms with Crippen molar-refractivity contribution >= 4 is 45.3 Å². The van der Waals surface area contributed by atoms with E-state index in [0.29, 0.717) is 0 Å². The van der Waals surface area contributed by atoms with Gasteiger partial charge in [-0.25, -0.2) is 0 Å². The number of nitrogens with zero attached hydrogens (tertiary/aromatic N) is 1. The maximum atomic E-state index is 10.7. The summed E-state index contributed by atoms with van der Waals surface area (Å²) < 4.78 is 0.865. The Balaban J connectivity index is 2.04. The van der Waals surface area contributed by atoms with E-state index in [9.17, 15) is 10.1 Å². The summed E-state index contributed by atoms with van der Waals surface area (Å²) in [6.07, 6.45) is 0.941. The molecule has 0 amide bonds. The fraction of sp³-hybridized carbons (Fsp3) is 0.231. The van der Waals surface area contributed by atoms with Crippen molar-refractivity contribution in [2.75, 3.05) is 5.32 Å². The van der Waals surface area contributed by atoms with Crippen molar-refractivity contribution in [1.29, 1.82) is 0 Å². The number of halogens is 1. The molecule has 6 heteroatoms. The number of hydrogen-bond donors (Lipinski definition) is 1. The van der Waals surface area contributed by atoms with Gasteiger partial charge in [0.2, 0.25) is 0 Å². The van der Waals surface area contributed by atoms with Crippen molar-refractivity contribution < 1.29 is 4.92 Å². The molecule has 1 aromatic carbocycles. The quantitative estimate of drug-likeness (QED) is 0.472. The van der Waals surface area contributed by atoms with Crippen LogP contribution in [0.5, 0.6) is 0 Å². The summed E-state index contributed by atoms with van der Waals surface area (Å²) in [7, 11) is 0. The number of rotatable bonds is 5. The summed E-state index contributed by atoms with van der Waals surface area (Å²) in [6.45, 7) is 2.11. The van der Waals surface area contributed by atoms with E-state index in [1.165, 1.54) is 11.6 Å². The lowest BCUT2D eigenvalue weighted by Crippen LogP contribution is -2.18. The van der Waals surface area contributed by atoms with Gasteiger partial charge >= 0.3 is 0 Å². The SMILES string of the molecule is CC(Cc1ccsc1)Nc1ccc([N+](=O)[O-])cc1I. The van der Waals surface area contributed by atoms with Crippen LogP contribution in [-0.4, -0.2) is 11.0 Å². The molecule has 1 heterocycles. The molecule has 0 saturated heterocycles. The van der Waals surface area contributed by atoms with Gasteiger partial charge in [-0.15, -0.1) is 0 Å². The van der Waals surface area contributed by atoms with Crippen molar-refractivity contribution in [2.45, 2.75) is 19.4 Å². The van der Waals surface area contributed by atoms with Crippen LogP contribution in [0.25, 0.3) is 0 Å². The zero-order valence-corrected chi connectivity index (χ0v) is 13.3. The second-order valence-corrected chi connectivity index (χ2v) is 6.24. The summed E-state index contributed by atoms with van der Waals surface area (Å²) in [5.74, 6) is 0. The summed E-state index contributed by atoms with van der Waals surface area (Å²) in [4.78, 5) is 10.3. The Bertz CT molecular complexity index is 572. The highest BCUT2D eigenvalue weighted by Gasteiger charge is 2.11. The van der Waals surface area contributed by atoms with E-state index in [4.69, 9.17) is 0 Å². The van der Waals surface area contributed by atoms with Gasteiger partial charge in [0.05, 0.1) is 4.92 Å². The average molecular weight is 388 g/mol. The number of nitrogens with one attached hydrogen (secondary N) is 1. The number of nitro groups is 1. The third-order valence-electron chi connectivity index (χ3n) is 2.69. The molecule has 1 N–H and O–H groups in total. The van der Waals surface area contributed by atoms with E-state index in [2.05, 4.69) is 51.7 Å². The highest BCUT2D eigenvalue weighted by Crippen LogP contribution is 2.24. The normalized spacial score (nSPS) is 12.1. The van der Waals surface area contributed by atoms with Crippen LogP contribution in [-0.2, 0) is 6.42 Å². The smallest absolute Gasteiger partial charge is 0.270 e. The Morgan fingerprint density at radius 1 is 1.47 bits per heavy atom. The molecular formula is C13H13IN2O2S. The van der Waals surface area contributed by atoms with Crippen LogP contribution < -0.4 is 5.32 Å². The monoisotopic (exact) mass is 388 g/mol. The largest absolute Gasteiger partial charge is 0.381 e. The van der Waals surface area contributed by atoms with Crippen molar-refractivity contribution in [3.05, 3.63) is 54.3 Å². The fourth-order valence-electron chi connectivity index (χ4n) is 1.81. The summed E-state index contributed by atoms with van der Waals surface area (Å²) >= 11 is 3.81. The molecule has 0 aliphatic carbocycles. The van der Waals surface area contributed by atoms with E-state index in [0.717, 1.165) is 15.7 Å². The van der Waals surface area contributed by atoms with Crippen molar-refractivity contribution in [1.82, 2.24) is 0 Å². The zero-order chi connectivity index (χ0) is 13.8. The van der Waals surface area contributed by atoms with Gasteiger partial charge in [0.15, 0.2) is 0 Å². The summed E-state index contributed by atoms with van der Waals surface area (Å²) in [5, 5.41) is 18.3. The van der Waals surface area contributed by atoms with E-state index < -0.39 is 0 Å². The molecule has 0 bridgehead atoms. The molecule has 1 aromatic heterocycles. The number of thiophene rings is 1. The maximum absolute atomic E-state index is 10.7.